The molecule has 2 N–H and O–H groups in total. The molecule has 6 heteroatoms. The monoisotopic (exact) mass is 371 g/mol. The number of carbonyl (C=O) groups excluding carboxylic acids is 1. The Morgan fingerprint density at radius 1 is 1.23 bits per heavy atom. The van der Waals surface area contributed by atoms with Crippen molar-refractivity contribution < 1.29 is 9.18 Å². The van der Waals surface area contributed by atoms with Crippen LogP contribution in [0, 0.1) is 17.1 Å². The first-order valence-electron chi connectivity index (χ1n) is 8.24. The Hall–Kier alpha value is -2.84. The molecular formula is C20H19ClFN3O. The highest BCUT2D eigenvalue weighted by atomic mass is 35.5. The molecule has 0 fully saturated rings. The first-order valence-corrected chi connectivity index (χ1v) is 8.61. The molecule has 134 valence electrons. The van der Waals surface area contributed by atoms with Crippen LogP contribution in [0.25, 0.3) is 0 Å². The molecular weight excluding hydrogens is 353 g/mol. The summed E-state index contributed by atoms with van der Waals surface area (Å²) in [4.78, 5) is 12.5. The van der Waals surface area contributed by atoms with Crippen LogP contribution in [0.5, 0.6) is 0 Å². The van der Waals surface area contributed by atoms with E-state index in [2.05, 4.69) is 10.6 Å². The molecule has 2 aromatic carbocycles. The van der Waals surface area contributed by atoms with Gasteiger partial charge >= 0.3 is 0 Å². The first kappa shape index (κ1) is 19.5. The summed E-state index contributed by atoms with van der Waals surface area (Å²) in [6.45, 7) is 4.01. The zero-order valence-electron chi connectivity index (χ0n) is 14.6. The van der Waals surface area contributed by atoms with Crippen molar-refractivity contribution in [1.29, 1.82) is 5.26 Å². The summed E-state index contributed by atoms with van der Waals surface area (Å²) in [6, 6.07) is 11.8. The zero-order chi connectivity index (χ0) is 19.1. The van der Waals surface area contributed by atoms with Gasteiger partial charge < -0.3 is 10.6 Å². The first-order chi connectivity index (χ1) is 12.5. The second kappa shape index (κ2) is 9.02. The normalized spacial score (nSPS) is 11.0. The lowest BCUT2D eigenvalue weighted by atomic mass is 10.0. The summed E-state index contributed by atoms with van der Waals surface area (Å²) >= 11 is 5.72. The third-order valence-electron chi connectivity index (χ3n) is 3.91. The summed E-state index contributed by atoms with van der Waals surface area (Å²) < 4.78 is 13.2. The standard InChI is InChI=1S/C20H19ClFN3O/c1-3-13-6-5-7-14(4-2)19(13)25-20(26)15(11-23)12-24-16-8-9-18(22)17(21)10-16/h5-10,12,24H,3-4H2,1-2H3,(H,25,26)/b15-12-. The largest absolute Gasteiger partial charge is 0.360 e. The number of carbonyl (C=O) groups is 1. The van der Waals surface area contributed by atoms with Gasteiger partial charge in [0.05, 0.1) is 5.02 Å². The maximum absolute atomic E-state index is 13.2. The van der Waals surface area contributed by atoms with E-state index in [0.717, 1.165) is 29.7 Å². The molecule has 0 bridgehead atoms. The Morgan fingerprint density at radius 2 is 1.88 bits per heavy atom. The third-order valence-corrected chi connectivity index (χ3v) is 4.19. The minimum atomic E-state index is -0.539. The highest BCUT2D eigenvalue weighted by Crippen LogP contribution is 2.23. The molecule has 0 saturated carbocycles. The molecule has 0 heterocycles. The molecule has 0 aliphatic heterocycles. The smallest absolute Gasteiger partial charge is 0.267 e. The second-order valence-corrected chi connectivity index (χ2v) is 5.96. The van der Waals surface area contributed by atoms with E-state index in [-0.39, 0.29) is 10.6 Å². The molecule has 4 nitrogen and oxygen atoms in total. The van der Waals surface area contributed by atoms with Crippen LogP contribution < -0.4 is 10.6 Å². The van der Waals surface area contributed by atoms with Crippen molar-refractivity contribution >= 4 is 28.9 Å². The van der Waals surface area contributed by atoms with E-state index in [1.54, 1.807) is 0 Å². The van der Waals surface area contributed by atoms with Crippen LogP contribution in [0.2, 0.25) is 5.02 Å². The Kier molecular flexibility index (Phi) is 6.76. The van der Waals surface area contributed by atoms with Gasteiger partial charge in [-0.3, -0.25) is 4.79 Å². The molecule has 0 aliphatic rings. The Bertz CT molecular complexity index is 865. The summed E-state index contributed by atoms with van der Waals surface area (Å²) in [5, 5.41) is 14.9. The molecule has 0 aliphatic carbocycles. The number of halogens is 2. The van der Waals surface area contributed by atoms with Gasteiger partial charge in [-0.25, -0.2) is 4.39 Å². The number of hydrogen-bond donors (Lipinski definition) is 2. The average Bonchev–Trinajstić information content (AvgIpc) is 2.65. The van der Waals surface area contributed by atoms with Gasteiger partial charge in [-0.2, -0.15) is 5.26 Å². The molecule has 0 atom stereocenters. The lowest BCUT2D eigenvalue weighted by Crippen LogP contribution is -2.17. The number of hydrogen-bond acceptors (Lipinski definition) is 3. The quantitative estimate of drug-likeness (QED) is 0.550. The fourth-order valence-electron chi connectivity index (χ4n) is 2.47. The zero-order valence-corrected chi connectivity index (χ0v) is 15.3. The predicted octanol–water partition coefficient (Wildman–Crippen LogP) is 5.06. The van der Waals surface area contributed by atoms with Crippen LogP contribution in [-0.2, 0) is 17.6 Å². The van der Waals surface area contributed by atoms with Crippen molar-refractivity contribution in [3.63, 3.8) is 0 Å². The Balaban J connectivity index is 2.21. The molecule has 0 saturated heterocycles. The van der Waals surface area contributed by atoms with E-state index in [1.807, 2.05) is 38.1 Å². The molecule has 0 aromatic heterocycles. The van der Waals surface area contributed by atoms with Gasteiger partial charge in [0.25, 0.3) is 5.91 Å². The van der Waals surface area contributed by atoms with E-state index < -0.39 is 11.7 Å². The van der Waals surface area contributed by atoms with Gasteiger partial charge in [0.1, 0.15) is 17.5 Å². The molecule has 2 aromatic rings. The van der Waals surface area contributed by atoms with Gasteiger partial charge in [-0.05, 0) is 42.2 Å². The number of benzene rings is 2. The van der Waals surface area contributed by atoms with Crippen molar-refractivity contribution in [2.45, 2.75) is 26.7 Å². The van der Waals surface area contributed by atoms with Crippen LogP contribution in [0.4, 0.5) is 15.8 Å². The van der Waals surface area contributed by atoms with Gasteiger partial charge in [-0.1, -0.05) is 43.6 Å². The van der Waals surface area contributed by atoms with E-state index in [9.17, 15) is 14.4 Å². The summed E-state index contributed by atoms with van der Waals surface area (Å²) in [7, 11) is 0. The molecule has 0 spiro atoms. The van der Waals surface area contributed by atoms with E-state index >= 15 is 0 Å². The number of rotatable bonds is 6. The van der Waals surface area contributed by atoms with E-state index in [4.69, 9.17) is 11.6 Å². The molecule has 2 rings (SSSR count). The molecule has 0 unspecified atom stereocenters. The highest BCUT2D eigenvalue weighted by molar-refractivity contribution is 6.31. The SMILES string of the molecule is CCc1cccc(CC)c1NC(=O)/C(C#N)=C\Nc1ccc(F)c(Cl)c1. The van der Waals surface area contributed by atoms with Crippen LogP contribution in [-0.4, -0.2) is 5.91 Å². The minimum Gasteiger partial charge on any atom is -0.360 e. The molecule has 1 amide bonds. The Morgan fingerprint density at radius 3 is 2.42 bits per heavy atom. The van der Waals surface area contributed by atoms with Crippen molar-refractivity contribution in [3.8, 4) is 6.07 Å². The maximum atomic E-state index is 13.2. The maximum Gasteiger partial charge on any atom is 0.267 e. The summed E-state index contributed by atoms with van der Waals surface area (Å²) in [5.74, 6) is -1.05. The molecule has 0 radical (unpaired) electrons. The van der Waals surface area contributed by atoms with Crippen molar-refractivity contribution in [1.82, 2.24) is 0 Å². The van der Waals surface area contributed by atoms with Gasteiger partial charge in [0, 0.05) is 17.6 Å². The average molecular weight is 372 g/mol. The minimum absolute atomic E-state index is 0.0455. The van der Waals surface area contributed by atoms with Crippen molar-refractivity contribution in [2.24, 2.45) is 0 Å². The fraction of sp³-hybridized carbons (Fsp3) is 0.200. The number of amides is 1. The van der Waals surface area contributed by atoms with E-state index in [1.165, 1.54) is 24.4 Å². The van der Waals surface area contributed by atoms with Gasteiger partial charge in [0.15, 0.2) is 0 Å². The van der Waals surface area contributed by atoms with Gasteiger partial charge in [-0.15, -0.1) is 0 Å². The third kappa shape index (κ3) is 4.62. The van der Waals surface area contributed by atoms with Gasteiger partial charge in [0.2, 0.25) is 0 Å². The lowest BCUT2D eigenvalue weighted by Gasteiger charge is -2.14. The van der Waals surface area contributed by atoms with Crippen molar-refractivity contribution in [3.05, 3.63) is 70.1 Å². The number of nitrogens with zero attached hydrogens (tertiary/aromatic N) is 1. The van der Waals surface area contributed by atoms with Crippen LogP contribution in [0.15, 0.2) is 48.2 Å². The van der Waals surface area contributed by atoms with Crippen molar-refractivity contribution in [2.75, 3.05) is 10.6 Å². The predicted molar refractivity (Wildman–Crippen MR) is 103 cm³/mol. The molecule has 26 heavy (non-hydrogen) atoms. The number of nitrogens with one attached hydrogen (secondary N) is 2. The summed E-state index contributed by atoms with van der Waals surface area (Å²) in [5.41, 5.74) is 3.13. The number of nitriles is 1. The lowest BCUT2D eigenvalue weighted by molar-refractivity contribution is -0.112. The second-order valence-electron chi connectivity index (χ2n) is 5.56. The summed E-state index contributed by atoms with van der Waals surface area (Å²) in [6.07, 6.45) is 2.81. The Labute approximate surface area is 157 Å². The fourth-order valence-corrected chi connectivity index (χ4v) is 2.65. The van der Waals surface area contributed by atoms with Crippen LogP contribution >= 0.6 is 11.6 Å². The number of anilines is 2. The highest BCUT2D eigenvalue weighted by Gasteiger charge is 2.14. The van der Waals surface area contributed by atoms with Crippen LogP contribution in [0.3, 0.4) is 0 Å². The number of aryl methyl sites for hydroxylation is 2. The van der Waals surface area contributed by atoms with E-state index in [0.29, 0.717) is 5.69 Å². The van der Waals surface area contributed by atoms with Crippen LogP contribution in [0.1, 0.15) is 25.0 Å². The topological polar surface area (TPSA) is 64.9 Å². The number of para-hydroxylation sites is 1.